The number of carbonyl (C=O) groups is 1. The van der Waals surface area contributed by atoms with E-state index in [-0.39, 0.29) is 30.7 Å². The third-order valence-corrected chi connectivity index (χ3v) is 4.23. The van der Waals surface area contributed by atoms with Crippen molar-refractivity contribution in [2.75, 3.05) is 29.9 Å². The molecule has 0 aromatic heterocycles. The van der Waals surface area contributed by atoms with Gasteiger partial charge in [-0.1, -0.05) is 25.0 Å². The van der Waals surface area contributed by atoms with Crippen LogP contribution in [0.2, 0.25) is 0 Å². The lowest BCUT2D eigenvalue weighted by Gasteiger charge is -2.30. The fraction of sp³-hybridized carbons (Fsp3) is 0.611. The first-order valence-corrected chi connectivity index (χ1v) is 8.65. The second kappa shape index (κ2) is 13.3. The average molecular weight is 376 g/mol. The van der Waals surface area contributed by atoms with Gasteiger partial charge in [-0.15, -0.1) is 24.8 Å². The number of benzene rings is 1. The minimum atomic E-state index is 0. The molecule has 2 rings (SSSR count). The molecular formula is C18H31Cl2N3O. The normalized spacial score (nSPS) is 13.6. The van der Waals surface area contributed by atoms with E-state index in [0.29, 0.717) is 6.42 Å². The van der Waals surface area contributed by atoms with Gasteiger partial charge in [-0.25, -0.2) is 0 Å². The highest BCUT2D eigenvalue weighted by molar-refractivity contribution is 5.94. The van der Waals surface area contributed by atoms with Crippen molar-refractivity contribution >= 4 is 42.1 Å². The van der Waals surface area contributed by atoms with E-state index >= 15 is 0 Å². The summed E-state index contributed by atoms with van der Waals surface area (Å²) in [4.78, 5) is 14.5. The number of piperidine rings is 1. The summed E-state index contributed by atoms with van der Waals surface area (Å²) in [5, 5.41) is 3.09. The van der Waals surface area contributed by atoms with E-state index in [2.05, 4.69) is 16.3 Å². The van der Waals surface area contributed by atoms with Crippen LogP contribution in [-0.2, 0) is 4.79 Å². The standard InChI is InChI=1S/C18H29N3O.2ClH/c19-13-7-2-1-4-12-18(22)20-16-10-5-6-11-17(16)21-14-8-3-9-15-21;;/h5-6,10-11H,1-4,7-9,12-15,19H2,(H,20,22);2*1H. The first-order valence-electron chi connectivity index (χ1n) is 8.65. The van der Waals surface area contributed by atoms with Crippen LogP contribution in [0.4, 0.5) is 11.4 Å². The van der Waals surface area contributed by atoms with Crippen molar-refractivity contribution in [2.24, 2.45) is 5.73 Å². The van der Waals surface area contributed by atoms with Crippen LogP contribution in [-0.4, -0.2) is 25.5 Å². The van der Waals surface area contributed by atoms with Gasteiger partial charge in [0, 0.05) is 19.5 Å². The molecule has 1 saturated heterocycles. The molecule has 1 aromatic carbocycles. The van der Waals surface area contributed by atoms with Gasteiger partial charge in [-0.2, -0.15) is 0 Å². The van der Waals surface area contributed by atoms with Gasteiger partial charge in [0.2, 0.25) is 5.91 Å². The third-order valence-electron chi connectivity index (χ3n) is 4.23. The number of nitrogens with one attached hydrogen (secondary N) is 1. The molecule has 1 fully saturated rings. The van der Waals surface area contributed by atoms with E-state index in [1.807, 2.05) is 18.2 Å². The maximum atomic E-state index is 12.1. The first-order chi connectivity index (χ1) is 10.8. The smallest absolute Gasteiger partial charge is 0.224 e. The lowest BCUT2D eigenvalue weighted by molar-refractivity contribution is -0.116. The number of hydrogen-bond acceptors (Lipinski definition) is 3. The molecule has 6 heteroatoms. The fourth-order valence-corrected chi connectivity index (χ4v) is 2.99. The summed E-state index contributed by atoms with van der Waals surface area (Å²) >= 11 is 0. The Labute approximate surface area is 158 Å². The molecule has 4 nitrogen and oxygen atoms in total. The summed E-state index contributed by atoms with van der Waals surface area (Å²) in [7, 11) is 0. The molecule has 0 atom stereocenters. The predicted molar refractivity (Wildman–Crippen MR) is 108 cm³/mol. The van der Waals surface area contributed by atoms with Crippen LogP contribution in [0.15, 0.2) is 24.3 Å². The Balaban J connectivity index is 0.00000264. The van der Waals surface area contributed by atoms with Crippen molar-refractivity contribution in [3.8, 4) is 0 Å². The van der Waals surface area contributed by atoms with Crippen molar-refractivity contribution in [1.82, 2.24) is 0 Å². The summed E-state index contributed by atoms with van der Waals surface area (Å²) in [6.07, 6.45) is 8.59. The topological polar surface area (TPSA) is 58.4 Å². The van der Waals surface area contributed by atoms with Crippen molar-refractivity contribution in [3.63, 3.8) is 0 Å². The number of amides is 1. The summed E-state index contributed by atoms with van der Waals surface area (Å²) < 4.78 is 0. The minimum absolute atomic E-state index is 0. The van der Waals surface area contributed by atoms with Crippen LogP contribution >= 0.6 is 24.8 Å². The molecule has 138 valence electrons. The number of nitrogens with zero attached hydrogens (tertiary/aromatic N) is 1. The van der Waals surface area contributed by atoms with E-state index < -0.39 is 0 Å². The Morgan fingerprint density at radius 1 is 1.00 bits per heavy atom. The quantitative estimate of drug-likeness (QED) is 0.663. The maximum Gasteiger partial charge on any atom is 0.224 e. The molecule has 0 spiro atoms. The van der Waals surface area contributed by atoms with Crippen LogP contribution in [0.5, 0.6) is 0 Å². The molecule has 3 N–H and O–H groups in total. The largest absolute Gasteiger partial charge is 0.370 e. The Hall–Kier alpha value is -0.970. The molecule has 0 unspecified atom stereocenters. The van der Waals surface area contributed by atoms with Gasteiger partial charge in [0.15, 0.2) is 0 Å². The van der Waals surface area contributed by atoms with Gasteiger partial charge in [-0.3, -0.25) is 4.79 Å². The molecule has 0 aliphatic carbocycles. The highest BCUT2D eigenvalue weighted by atomic mass is 35.5. The zero-order chi connectivity index (χ0) is 15.6. The maximum absolute atomic E-state index is 12.1. The molecule has 1 heterocycles. The van der Waals surface area contributed by atoms with Gasteiger partial charge >= 0.3 is 0 Å². The number of hydrogen-bond donors (Lipinski definition) is 2. The molecule has 0 saturated carbocycles. The summed E-state index contributed by atoms with van der Waals surface area (Å²) in [5.41, 5.74) is 7.60. The second-order valence-corrected chi connectivity index (χ2v) is 6.07. The van der Waals surface area contributed by atoms with E-state index in [4.69, 9.17) is 5.73 Å². The molecule has 0 radical (unpaired) electrons. The molecule has 1 aliphatic heterocycles. The number of halogens is 2. The molecular weight excluding hydrogens is 345 g/mol. The summed E-state index contributed by atoms with van der Waals surface area (Å²) in [5.74, 6) is 0.122. The van der Waals surface area contributed by atoms with E-state index in [1.54, 1.807) is 0 Å². The van der Waals surface area contributed by atoms with Crippen molar-refractivity contribution in [2.45, 2.75) is 51.4 Å². The van der Waals surface area contributed by atoms with E-state index in [9.17, 15) is 4.79 Å². The highest BCUT2D eigenvalue weighted by Crippen LogP contribution is 2.28. The predicted octanol–water partition coefficient (Wildman–Crippen LogP) is 4.37. The third kappa shape index (κ3) is 7.73. The average Bonchev–Trinajstić information content (AvgIpc) is 2.56. The first kappa shape index (κ1) is 23.0. The Bertz CT molecular complexity index is 465. The SMILES string of the molecule is Cl.Cl.NCCCCCCC(=O)Nc1ccccc1N1CCCCC1. The number of anilines is 2. The van der Waals surface area contributed by atoms with Gasteiger partial charge in [0.1, 0.15) is 0 Å². The molecule has 24 heavy (non-hydrogen) atoms. The van der Waals surface area contributed by atoms with Crippen molar-refractivity contribution < 1.29 is 4.79 Å². The highest BCUT2D eigenvalue weighted by Gasteiger charge is 2.15. The number of nitrogens with two attached hydrogens (primary N) is 1. The Morgan fingerprint density at radius 2 is 1.67 bits per heavy atom. The van der Waals surface area contributed by atoms with Crippen LogP contribution in [0.25, 0.3) is 0 Å². The second-order valence-electron chi connectivity index (χ2n) is 6.07. The fourth-order valence-electron chi connectivity index (χ4n) is 2.99. The number of para-hydroxylation sites is 2. The number of rotatable bonds is 8. The number of carbonyl (C=O) groups excluding carboxylic acids is 1. The van der Waals surface area contributed by atoms with E-state index in [1.165, 1.54) is 24.9 Å². The van der Waals surface area contributed by atoms with Gasteiger partial charge < -0.3 is 16.0 Å². The van der Waals surface area contributed by atoms with Gasteiger partial charge in [0.05, 0.1) is 11.4 Å². The van der Waals surface area contributed by atoms with Crippen LogP contribution < -0.4 is 16.0 Å². The van der Waals surface area contributed by atoms with Gasteiger partial charge in [-0.05, 0) is 50.8 Å². The Kier molecular flexibility index (Phi) is 12.8. The zero-order valence-corrected chi connectivity index (χ0v) is 16.0. The lowest BCUT2D eigenvalue weighted by atomic mass is 10.1. The summed E-state index contributed by atoms with van der Waals surface area (Å²) in [6, 6.07) is 8.16. The lowest BCUT2D eigenvalue weighted by Crippen LogP contribution is -2.30. The summed E-state index contributed by atoms with van der Waals surface area (Å²) in [6.45, 7) is 2.92. The van der Waals surface area contributed by atoms with Crippen LogP contribution in [0, 0.1) is 0 Å². The Morgan fingerprint density at radius 3 is 2.38 bits per heavy atom. The molecule has 1 aliphatic rings. The minimum Gasteiger partial charge on any atom is -0.370 e. The molecule has 0 bridgehead atoms. The van der Waals surface area contributed by atoms with Gasteiger partial charge in [0.25, 0.3) is 0 Å². The monoisotopic (exact) mass is 375 g/mol. The molecule has 1 amide bonds. The van der Waals surface area contributed by atoms with E-state index in [0.717, 1.165) is 51.0 Å². The van der Waals surface area contributed by atoms with Crippen molar-refractivity contribution in [1.29, 1.82) is 0 Å². The number of unbranched alkanes of at least 4 members (excludes halogenated alkanes) is 3. The van der Waals surface area contributed by atoms with Crippen molar-refractivity contribution in [3.05, 3.63) is 24.3 Å². The van der Waals surface area contributed by atoms with Crippen LogP contribution in [0.3, 0.4) is 0 Å². The van der Waals surface area contributed by atoms with Crippen LogP contribution in [0.1, 0.15) is 51.4 Å². The zero-order valence-electron chi connectivity index (χ0n) is 14.3. The molecule has 1 aromatic rings.